The zero-order valence-electron chi connectivity index (χ0n) is 14.9. The molecule has 1 atom stereocenters. The van der Waals surface area contributed by atoms with E-state index in [0.29, 0.717) is 24.9 Å². The Balaban J connectivity index is 1.66. The van der Waals surface area contributed by atoms with Crippen molar-refractivity contribution in [1.29, 1.82) is 0 Å². The summed E-state index contributed by atoms with van der Waals surface area (Å²) in [6, 6.07) is 0.0189. The van der Waals surface area contributed by atoms with Crippen molar-refractivity contribution in [3.63, 3.8) is 0 Å². The highest BCUT2D eigenvalue weighted by molar-refractivity contribution is 5.82. The van der Waals surface area contributed by atoms with Gasteiger partial charge >= 0.3 is 6.09 Å². The van der Waals surface area contributed by atoms with Gasteiger partial charge in [-0.25, -0.2) is 4.79 Å². The van der Waals surface area contributed by atoms with Gasteiger partial charge in [0.1, 0.15) is 0 Å². The van der Waals surface area contributed by atoms with Gasteiger partial charge in [0.05, 0.1) is 13.2 Å². The van der Waals surface area contributed by atoms with E-state index >= 15 is 0 Å². The summed E-state index contributed by atoms with van der Waals surface area (Å²) in [5, 5.41) is 0. The number of likely N-dealkylation sites (tertiary alicyclic amines) is 1. The Labute approximate surface area is 145 Å². The van der Waals surface area contributed by atoms with Crippen LogP contribution in [-0.2, 0) is 9.53 Å². The lowest BCUT2D eigenvalue weighted by atomic mass is 9.93. The van der Waals surface area contributed by atoms with E-state index in [-0.39, 0.29) is 12.1 Å². The maximum Gasteiger partial charge on any atom is 0.409 e. The number of piperidine rings is 1. The maximum atomic E-state index is 13.2. The van der Waals surface area contributed by atoms with Gasteiger partial charge in [0.25, 0.3) is 0 Å². The number of carbonyl (C=O) groups is 2. The van der Waals surface area contributed by atoms with Gasteiger partial charge in [0.2, 0.25) is 5.91 Å². The molecule has 136 valence electrons. The van der Waals surface area contributed by atoms with Crippen molar-refractivity contribution in [3.8, 4) is 0 Å². The monoisotopic (exact) mass is 337 g/mol. The third-order valence-corrected chi connectivity index (χ3v) is 5.91. The number of hydrogen-bond acceptors (Lipinski definition) is 4. The molecule has 2 heterocycles. The molecule has 1 saturated carbocycles. The Morgan fingerprint density at radius 1 is 0.833 bits per heavy atom. The SMILES string of the molecule is COC(=O)N1CCN(C(C(=O)N2CCCCC2)C2CCCC2)CC1. The fraction of sp³-hybridized carbons (Fsp3) is 0.889. The Morgan fingerprint density at radius 2 is 1.46 bits per heavy atom. The standard InChI is InChI=1S/C18H31N3O3/c1-24-18(23)21-13-11-19(12-14-21)16(15-7-3-4-8-15)17(22)20-9-5-2-6-10-20/h15-16H,2-14H2,1H3. The van der Waals surface area contributed by atoms with E-state index in [1.165, 1.54) is 39.2 Å². The van der Waals surface area contributed by atoms with E-state index in [1.807, 2.05) is 0 Å². The number of piperazine rings is 1. The Kier molecular flexibility index (Phi) is 5.98. The minimum absolute atomic E-state index is 0.0189. The minimum Gasteiger partial charge on any atom is -0.453 e. The molecule has 6 nitrogen and oxygen atoms in total. The maximum absolute atomic E-state index is 13.2. The molecule has 0 aromatic rings. The van der Waals surface area contributed by atoms with Crippen molar-refractivity contribution in [2.24, 2.45) is 5.92 Å². The van der Waals surface area contributed by atoms with Gasteiger partial charge in [0.15, 0.2) is 0 Å². The second-order valence-electron chi connectivity index (χ2n) is 7.37. The zero-order chi connectivity index (χ0) is 16.9. The highest BCUT2D eigenvalue weighted by atomic mass is 16.5. The topological polar surface area (TPSA) is 53.1 Å². The van der Waals surface area contributed by atoms with Crippen LogP contribution in [0.15, 0.2) is 0 Å². The third kappa shape index (κ3) is 3.85. The van der Waals surface area contributed by atoms with Crippen LogP contribution in [0.1, 0.15) is 44.9 Å². The molecule has 0 aromatic heterocycles. The predicted octanol–water partition coefficient (Wildman–Crippen LogP) is 1.94. The highest BCUT2D eigenvalue weighted by Gasteiger charge is 2.39. The van der Waals surface area contributed by atoms with Gasteiger partial charge in [-0.15, -0.1) is 0 Å². The molecule has 0 aromatic carbocycles. The second-order valence-corrected chi connectivity index (χ2v) is 7.37. The molecule has 1 aliphatic carbocycles. The van der Waals surface area contributed by atoms with Crippen molar-refractivity contribution in [3.05, 3.63) is 0 Å². The van der Waals surface area contributed by atoms with Gasteiger partial charge in [-0.3, -0.25) is 9.69 Å². The summed E-state index contributed by atoms with van der Waals surface area (Å²) < 4.78 is 4.82. The van der Waals surface area contributed by atoms with Crippen LogP contribution in [0.25, 0.3) is 0 Å². The van der Waals surface area contributed by atoms with Gasteiger partial charge in [-0.2, -0.15) is 0 Å². The lowest BCUT2D eigenvalue weighted by molar-refractivity contribution is -0.140. The molecule has 0 radical (unpaired) electrons. The molecule has 0 N–H and O–H groups in total. The molecule has 2 saturated heterocycles. The summed E-state index contributed by atoms with van der Waals surface area (Å²) in [5.41, 5.74) is 0. The molecule has 2 aliphatic heterocycles. The average Bonchev–Trinajstić information content (AvgIpc) is 3.16. The van der Waals surface area contributed by atoms with Crippen LogP contribution in [0.4, 0.5) is 4.79 Å². The first-order valence-electron chi connectivity index (χ1n) is 9.56. The van der Waals surface area contributed by atoms with Crippen LogP contribution >= 0.6 is 0 Å². The van der Waals surface area contributed by atoms with Crippen molar-refractivity contribution >= 4 is 12.0 Å². The summed E-state index contributed by atoms with van der Waals surface area (Å²) in [7, 11) is 1.43. The average molecular weight is 337 g/mol. The first-order valence-corrected chi connectivity index (χ1v) is 9.56. The number of hydrogen-bond donors (Lipinski definition) is 0. The number of rotatable bonds is 3. The highest BCUT2D eigenvalue weighted by Crippen LogP contribution is 2.32. The quantitative estimate of drug-likeness (QED) is 0.790. The lowest BCUT2D eigenvalue weighted by Gasteiger charge is -2.42. The first-order chi connectivity index (χ1) is 11.7. The van der Waals surface area contributed by atoms with Crippen LogP contribution in [0, 0.1) is 5.92 Å². The number of ether oxygens (including phenoxy) is 1. The van der Waals surface area contributed by atoms with E-state index < -0.39 is 0 Å². The number of methoxy groups -OCH3 is 1. The van der Waals surface area contributed by atoms with Crippen molar-refractivity contribution in [2.75, 3.05) is 46.4 Å². The molecule has 3 rings (SSSR count). The normalized spacial score (nSPS) is 24.9. The molecule has 1 unspecified atom stereocenters. The van der Waals surface area contributed by atoms with E-state index in [9.17, 15) is 9.59 Å². The largest absolute Gasteiger partial charge is 0.453 e. The summed E-state index contributed by atoms with van der Waals surface area (Å²) in [4.78, 5) is 31.1. The van der Waals surface area contributed by atoms with Crippen LogP contribution in [0.3, 0.4) is 0 Å². The molecule has 24 heavy (non-hydrogen) atoms. The fourth-order valence-electron chi connectivity index (χ4n) is 4.54. The van der Waals surface area contributed by atoms with Gasteiger partial charge in [0, 0.05) is 39.3 Å². The van der Waals surface area contributed by atoms with Crippen molar-refractivity contribution in [1.82, 2.24) is 14.7 Å². The molecule has 0 bridgehead atoms. The molecule has 3 aliphatic rings. The zero-order valence-corrected chi connectivity index (χ0v) is 14.9. The summed E-state index contributed by atoms with van der Waals surface area (Å²) in [5.74, 6) is 0.831. The Hall–Kier alpha value is -1.30. The first kappa shape index (κ1) is 17.5. The van der Waals surface area contributed by atoms with Gasteiger partial charge in [-0.1, -0.05) is 12.8 Å². The van der Waals surface area contributed by atoms with Crippen LogP contribution in [0.5, 0.6) is 0 Å². The van der Waals surface area contributed by atoms with Gasteiger partial charge in [-0.05, 0) is 38.0 Å². The molecule has 0 spiro atoms. The van der Waals surface area contributed by atoms with Crippen molar-refractivity contribution < 1.29 is 14.3 Å². The predicted molar refractivity (Wildman–Crippen MR) is 91.7 cm³/mol. The van der Waals surface area contributed by atoms with E-state index in [2.05, 4.69) is 9.80 Å². The Bertz CT molecular complexity index is 437. The summed E-state index contributed by atoms with van der Waals surface area (Å²) in [6.07, 6.45) is 8.10. The van der Waals surface area contributed by atoms with E-state index in [1.54, 1.807) is 4.90 Å². The van der Waals surface area contributed by atoms with E-state index in [0.717, 1.165) is 39.0 Å². The Morgan fingerprint density at radius 3 is 2.04 bits per heavy atom. The van der Waals surface area contributed by atoms with Crippen molar-refractivity contribution in [2.45, 2.75) is 51.0 Å². The number of carbonyl (C=O) groups excluding carboxylic acids is 2. The molecule has 2 amide bonds. The second kappa shape index (κ2) is 8.19. The molecular formula is C18H31N3O3. The van der Waals surface area contributed by atoms with Gasteiger partial charge < -0.3 is 14.5 Å². The summed E-state index contributed by atoms with van der Waals surface area (Å²) >= 11 is 0. The number of nitrogens with zero attached hydrogens (tertiary/aromatic N) is 3. The molecule has 6 heteroatoms. The van der Waals surface area contributed by atoms with Crippen LogP contribution in [-0.4, -0.2) is 79.1 Å². The van der Waals surface area contributed by atoms with Crippen LogP contribution in [0.2, 0.25) is 0 Å². The minimum atomic E-state index is -0.255. The lowest BCUT2D eigenvalue weighted by Crippen LogP contribution is -2.59. The molecule has 3 fully saturated rings. The molecular weight excluding hydrogens is 306 g/mol. The third-order valence-electron chi connectivity index (χ3n) is 5.91. The van der Waals surface area contributed by atoms with Crippen LogP contribution < -0.4 is 0 Å². The fourth-order valence-corrected chi connectivity index (χ4v) is 4.54. The smallest absolute Gasteiger partial charge is 0.409 e. The summed E-state index contributed by atoms with van der Waals surface area (Å²) in [6.45, 7) is 4.70. The van der Waals surface area contributed by atoms with E-state index in [4.69, 9.17) is 4.74 Å². The number of amides is 2.